The maximum atomic E-state index is 11.1. The Hall–Kier alpha value is -2.00. The molecule has 0 bridgehead atoms. The van der Waals surface area contributed by atoms with E-state index < -0.39 is 10.5 Å². The number of hydrogen-bond donors (Lipinski definition) is 2. The second-order valence-electron chi connectivity index (χ2n) is 5.76. The van der Waals surface area contributed by atoms with Gasteiger partial charge < -0.3 is 15.7 Å². The van der Waals surface area contributed by atoms with Crippen LogP contribution in [0.2, 0.25) is 0 Å². The molecule has 3 N–H and O–H groups in total. The zero-order valence-electron chi connectivity index (χ0n) is 12.2. The molecule has 0 amide bonds. The van der Waals surface area contributed by atoms with Crippen LogP contribution in [0.15, 0.2) is 6.33 Å². The van der Waals surface area contributed by atoms with E-state index in [9.17, 15) is 15.2 Å². The van der Waals surface area contributed by atoms with Gasteiger partial charge in [-0.3, -0.25) is 15.0 Å². The molecule has 0 aromatic carbocycles. The first-order valence-electron chi connectivity index (χ1n) is 6.72. The Labute approximate surface area is 122 Å². The van der Waals surface area contributed by atoms with Crippen molar-refractivity contribution in [2.45, 2.75) is 19.4 Å². The minimum atomic E-state index is -0.756. The molecule has 0 radical (unpaired) electrons. The van der Waals surface area contributed by atoms with Crippen LogP contribution in [-0.2, 0) is 0 Å². The number of β-amino-alcohol motifs (C(OH)–C–C–N with tert-alkyl or cyclic N) is 1. The van der Waals surface area contributed by atoms with Gasteiger partial charge in [-0.2, -0.15) is 0 Å². The van der Waals surface area contributed by atoms with E-state index >= 15 is 0 Å². The normalized spacial score (nSPS) is 17.0. The lowest BCUT2D eigenvalue weighted by atomic mass is 10.1. The number of nitrogens with zero attached hydrogens (tertiary/aromatic N) is 5. The molecular formula is C12H20N6O3. The molecule has 9 heteroatoms. The fourth-order valence-electron chi connectivity index (χ4n) is 2.45. The Morgan fingerprint density at radius 3 is 2.52 bits per heavy atom. The molecule has 1 aliphatic heterocycles. The summed E-state index contributed by atoms with van der Waals surface area (Å²) in [6, 6.07) is 0. The van der Waals surface area contributed by atoms with Gasteiger partial charge in [-0.1, -0.05) is 0 Å². The quantitative estimate of drug-likeness (QED) is 0.581. The molecule has 0 atom stereocenters. The molecule has 1 aromatic rings. The zero-order chi connectivity index (χ0) is 15.6. The highest BCUT2D eigenvalue weighted by Crippen LogP contribution is 2.30. The standard InChI is InChI=1S/C12H20N6O3/c1-12(2,19)7-16-3-5-17(6-4-16)11-9(18(20)21)10(13)14-8-15-11/h8,19H,3-7H2,1-2H3,(H2,13,14,15). The van der Waals surface area contributed by atoms with E-state index in [4.69, 9.17) is 5.73 Å². The second-order valence-corrected chi connectivity index (χ2v) is 5.76. The Kier molecular flexibility index (Phi) is 4.24. The zero-order valence-corrected chi connectivity index (χ0v) is 12.2. The SMILES string of the molecule is CC(C)(O)CN1CCN(c2ncnc(N)c2[N+](=O)[O-])CC1. The molecule has 1 saturated heterocycles. The molecule has 21 heavy (non-hydrogen) atoms. The average Bonchev–Trinajstić information content (AvgIpc) is 2.37. The molecular weight excluding hydrogens is 276 g/mol. The lowest BCUT2D eigenvalue weighted by molar-refractivity contribution is -0.383. The summed E-state index contributed by atoms with van der Waals surface area (Å²) in [7, 11) is 0. The lowest BCUT2D eigenvalue weighted by Crippen LogP contribution is -2.50. The maximum absolute atomic E-state index is 11.1. The Balaban J connectivity index is 2.10. The molecule has 0 aliphatic carbocycles. The molecule has 2 rings (SSSR count). The first-order chi connectivity index (χ1) is 9.78. The molecule has 9 nitrogen and oxygen atoms in total. The number of rotatable bonds is 4. The summed E-state index contributed by atoms with van der Waals surface area (Å²) in [4.78, 5) is 22.2. The minimum Gasteiger partial charge on any atom is -0.389 e. The largest absolute Gasteiger partial charge is 0.389 e. The fourth-order valence-corrected chi connectivity index (χ4v) is 2.45. The summed E-state index contributed by atoms with van der Waals surface area (Å²) in [5.41, 5.74) is 4.58. The number of anilines is 2. The first kappa shape index (κ1) is 15.4. The van der Waals surface area contributed by atoms with Crippen molar-refractivity contribution in [3.05, 3.63) is 16.4 Å². The summed E-state index contributed by atoms with van der Waals surface area (Å²) in [6.07, 6.45) is 1.24. The van der Waals surface area contributed by atoms with Crippen LogP contribution in [0.1, 0.15) is 13.8 Å². The highest BCUT2D eigenvalue weighted by atomic mass is 16.6. The van der Waals surface area contributed by atoms with Gasteiger partial charge in [0.05, 0.1) is 10.5 Å². The van der Waals surface area contributed by atoms with Gasteiger partial charge in [0.1, 0.15) is 6.33 Å². The van der Waals surface area contributed by atoms with Crippen molar-refractivity contribution >= 4 is 17.3 Å². The highest BCUT2D eigenvalue weighted by Gasteiger charge is 2.29. The molecule has 0 saturated carbocycles. The summed E-state index contributed by atoms with van der Waals surface area (Å²) in [5.74, 6) is 0.138. The van der Waals surface area contributed by atoms with E-state index in [1.807, 2.05) is 4.90 Å². The van der Waals surface area contributed by atoms with E-state index in [-0.39, 0.29) is 17.3 Å². The summed E-state index contributed by atoms with van der Waals surface area (Å²) in [5, 5.41) is 20.9. The number of aromatic nitrogens is 2. The van der Waals surface area contributed by atoms with Gasteiger partial charge >= 0.3 is 5.69 Å². The van der Waals surface area contributed by atoms with Crippen molar-refractivity contribution < 1.29 is 10.0 Å². The number of aliphatic hydroxyl groups is 1. The molecule has 1 fully saturated rings. The third-order valence-corrected chi connectivity index (χ3v) is 3.30. The number of hydrogen-bond acceptors (Lipinski definition) is 8. The van der Waals surface area contributed by atoms with Gasteiger partial charge in [0, 0.05) is 32.7 Å². The highest BCUT2D eigenvalue weighted by molar-refractivity contribution is 5.68. The van der Waals surface area contributed by atoms with E-state index in [2.05, 4.69) is 14.9 Å². The van der Waals surface area contributed by atoms with Crippen molar-refractivity contribution in [1.29, 1.82) is 0 Å². The number of nitrogen functional groups attached to an aromatic ring is 1. The number of nitro groups is 1. The van der Waals surface area contributed by atoms with Crippen molar-refractivity contribution in [1.82, 2.24) is 14.9 Å². The maximum Gasteiger partial charge on any atom is 0.353 e. The molecule has 0 spiro atoms. The molecule has 1 aliphatic rings. The van der Waals surface area contributed by atoms with Gasteiger partial charge in [-0.15, -0.1) is 0 Å². The van der Waals surface area contributed by atoms with Crippen LogP contribution in [0.3, 0.4) is 0 Å². The van der Waals surface area contributed by atoms with Gasteiger partial charge in [0.25, 0.3) is 0 Å². The van der Waals surface area contributed by atoms with Gasteiger partial charge in [0.2, 0.25) is 11.6 Å². The molecule has 116 valence electrons. The van der Waals surface area contributed by atoms with Gasteiger partial charge in [-0.25, -0.2) is 9.97 Å². The Morgan fingerprint density at radius 2 is 2.00 bits per heavy atom. The van der Waals surface area contributed by atoms with Crippen molar-refractivity contribution in [2.24, 2.45) is 0 Å². The van der Waals surface area contributed by atoms with Crippen LogP contribution in [-0.4, -0.2) is 63.2 Å². The smallest absolute Gasteiger partial charge is 0.353 e. The van der Waals surface area contributed by atoms with E-state index in [0.29, 0.717) is 32.7 Å². The van der Waals surface area contributed by atoms with Crippen molar-refractivity contribution in [3.8, 4) is 0 Å². The molecule has 1 aromatic heterocycles. The average molecular weight is 296 g/mol. The third-order valence-electron chi connectivity index (χ3n) is 3.30. The Bertz CT molecular complexity index is 522. The van der Waals surface area contributed by atoms with E-state index in [1.54, 1.807) is 13.8 Å². The molecule has 2 heterocycles. The summed E-state index contributed by atoms with van der Waals surface area (Å²) < 4.78 is 0. The first-order valence-corrected chi connectivity index (χ1v) is 6.72. The third kappa shape index (κ3) is 3.76. The van der Waals surface area contributed by atoms with Crippen LogP contribution in [0, 0.1) is 10.1 Å². The minimum absolute atomic E-state index is 0.121. The predicted molar refractivity (Wildman–Crippen MR) is 78.0 cm³/mol. The van der Waals surface area contributed by atoms with Crippen LogP contribution in [0.25, 0.3) is 0 Å². The number of piperazine rings is 1. The van der Waals surface area contributed by atoms with Crippen molar-refractivity contribution in [3.63, 3.8) is 0 Å². The van der Waals surface area contributed by atoms with Crippen LogP contribution in [0.4, 0.5) is 17.3 Å². The number of nitrogens with two attached hydrogens (primary N) is 1. The van der Waals surface area contributed by atoms with Crippen LogP contribution >= 0.6 is 0 Å². The Morgan fingerprint density at radius 1 is 1.38 bits per heavy atom. The van der Waals surface area contributed by atoms with Crippen LogP contribution in [0.5, 0.6) is 0 Å². The lowest BCUT2D eigenvalue weighted by Gasteiger charge is -2.37. The predicted octanol–water partition coefficient (Wildman–Crippen LogP) is -0.140. The van der Waals surface area contributed by atoms with Gasteiger partial charge in [0.15, 0.2) is 0 Å². The van der Waals surface area contributed by atoms with E-state index in [1.165, 1.54) is 6.33 Å². The fraction of sp³-hybridized carbons (Fsp3) is 0.667. The molecule has 0 unspecified atom stereocenters. The van der Waals surface area contributed by atoms with Gasteiger partial charge in [-0.05, 0) is 13.8 Å². The monoisotopic (exact) mass is 296 g/mol. The summed E-state index contributed by atoms with van der Waals surface area (Å²) in [6.45, 7) is 6.66. The summed E-state index contributed by atoms with van der Waals surface area (Å²) >= 11 is 0. The topological polar surface area (TPSA) is 122 Å². The second kappa shape index (κ2) is 5.78. The van der Waals surface area contributed by atoms with Crippen molar-refractivity contribution in [2.75, 3.05) is 43.4 Å². The van der Waals surface area contributed by atoms with Crippen LogP contribution < -0.4 is 10.6 Å². The van der Waals surface area contributed by atoms with E-state index in [0.717, 1.165) is 0 Å².